The van der Waals surface area contributed by atoms with Gasteiger partial charge in [0, 0.05) is 0 Å². The van der Waals surface area contributed by atoms with E-state index in [0.29, 0.717) is 6.42 Å². The van der Waals surface area contributed by atoms with Crippen molar-refractivity contribution in [2.45, 2.75) is 38.5 Å². The summed E-state index contributed by atoms with van der Waals surface area (Å²) in [6.45, 7) is 0. The SMILES string of the molecule is O=S(=O)(O)CCCCCCCCS.[NaH]. The van der Waals surface area contributed by atoms with E-state index < -0.39 is 10.1 Å². The van der Waals surface area contributed by atoms with Gasteiger partial charge in [-0.15, -0.1) is 0 Å². The molecular formula is C8H19NaO3S2. The Hall–Kier alpha value is 1.26. The average Bonchev–Trinajstić information content (AvgIpc) is 2.01. The average molecular weight is 250 g/mol. The van der Waals surface area contributed by atoms with Crippen LogP contribution in [0.5, 0.6) is 0 Å². The number of hydrogen-bond acceptors (Lipinski definition) is 3. The molecule has 0 radical (unpaired) electrons. The van der Waals surface area contributed by atoms with Crippen LogP contribution >= 0.6 is 12.6 Å². The van der Waals surface area contributed by atoms with Crippen molar-refractivity contribution in [1.82, 2.24) is 0 Å². The summed E-state index contributed by atoms with van der Waals surface area (Å²) in [6, 6.07) is 0. The molecule has 0 aromatic heterocycles. The van der Waals surface area contributed by atoms with E-state index in [2.05, 4.69) is 12.6 Å². The third-order valence-corrected chi connectivity index (χ3v) is 2.93. The van der Waals surface area contributed by atoms with Gasteiger partial charge in [0.05, 0.1) is 5.75 Å². The Labute approximate surface area is 114 Å². The Kier molecular flexibility index (Phi) is 13.6. The molecule has 0 atom stereocenters. The van der Waals surface area contributed by atoms with Crippen molar-refractivity contribution in [2.75, 3.05) is 11.5 Å². The summed E-state index contributed by atoms with van der Waals surface area (Å²) in [5.74, 6) is 0.824. The molecule has 0 aliphatic carbocycles. The molecule has 0 saturated carbocycles. The maximum absolute atomic E-state index is 10.3. The van der Waals surface area contributed by atoms with Crippen LogP contribution in [0.1, 0.15) is 38.5 Å². The van der Waals surface area contributed by atoms with Crippen molar-refractivity contribution in [1.29, 1.82) is 0 Å². The van der Waals surface area contributed by atoms with Crippen LogP contribution in [0.25, 0.3) is 0 Å². The van der Waals surface area contributed by atoms with Gasteiger partial charge in [0.2, 0.25) is 0 Å². The Morgan fingerprint density at radius 3 is 1.79 bits per heavy atom. The van der Waals surface area contributed by atoms with Crippen molar-refractivity contribution < 1.29 is 13.0 Å². The zero-order chi connectivity index (χ0) is 10.2. The summed E-state index contributed by atoms with van der Waals surface area (Å²) in [5, 5.41) is 0. The van der Waals surface area contributed by atoms with Gasteiger partial charge in [-0.1, -0.05) is 25.7 Å². The first-order chi connectivity index (χ1) is 6.06. The van der Waals surface area contributed by atoms with Crippen molar-refractivity contribution in [3.63, 3.8) is 0 Å². The third-order valence-electron chi connectivity index (χ3n) is 1.81. The molecule has 1 N–H and O–H groups in total. The van der Waals surface area contributed by atoms with Crippen LogP contribution in [-0.4, -0.2) is 54.0 Å². The molecule has 6 heteroatoms. The van der Waals surface area contributed by atoms with Gasteiger partial charge >= 0.3 is 29.6 Å². The summed E-state index contributed by atoms with van der Waals surface area (Å²) < 4.78 is 29.0. The Morgan fingerprint density at radius 1 is 0.929 bits per heavy atom. The monoisotopic (exact) mass is 250 g/mol. The van der Waals surface area contributed by atoms with Crippen molar-refractivity contribution in [2.24, 2.45) is 0 Å². The summed E-state index contributed by atoms with van der Waals surface area (Å²) in [4.78, 5) is 0. The molecule has 0 aliphatic rings. The zero-order valence-corrected chi connectivity index (χ0v) is 9.49. The molecule has 0 fully saturated rings. The number of unbranched alkanes of at least 4 members (excludes halogenated alkanes) is 5. The topological polar surface area (TPSA) is 54.4 Å². The molecule has 0 aromatic carbocycles. The normalized spacial score (nSPS) is 11.0. The molecule has 0 aromatic rings. The fourth-order valence-electron chi connectivity index (χ4n) is 1.10. The van der Waals surface area contributed by atoms with E-state index in [1.165, 1.54) is 0 Å². The molecule has 0 amide bonds. The van der Waals surface area contributed by atoms with Crippen LogP contribution in [0.2, 0.25) is 0 Å². The Balaban J connectivity index is 0. The minimum atomic E-state index is -3.73. The fourth-order valence-corrected chi connectivity index (χ4v) is 1.90. The Morgan fingerprint density at radius 2 is 1.36 bits per heavy atom. The standard InChI is InChI=1S/C8H18O3S2.Na.H/c9-13(10,11)8-6-4-2-1-3-5-7-12;;/h12H,1-8H2,(H,9,10,11);;. The summed E-state index contributed by atoms with van der Waals surface area (Å²) in [7, 11) is -3.73. The molecule has 0 bridgehead atoms. The molecule has 0 rings (SSSR count). The van der Waals surface area contributed by atoms with Gasteiger partial charge in [0.25, 0.3) is 10.1 Å². The third kappa shape index (κ3) is 15.7. The first-order valence-corrected chi connectivity index (χ1v) is 6.86. The van der Waals surface area contributed by atoms with Gasteiger partial charge < -0.3 is 0 Å². The van der Waals surface area contributed by atoms with Crippen LogP contribution in [-0.2, 0) is 10.1 Å². The minimum absolute atomic E-state index is 0. The van der Waals surface area contributed by atoms with Gasteiger partial charge in [-0.3, -0.25) is 4.55 Å². The quantitative estimate of drug-likeness (QED) is 0.297. The molecule has 0 heterocycles. The molecule has 3 nitrogen and oxygen atoms in total. The molecule has 0 aliphatic heterocycles. The van der Waals surface area contributed by atoms with E-state index >= 15 is 0 Å². The van der Waals surface area contributed by atoms with E-state index in [1.807, 2.05) is 0 Å². The molecule has 0 unspecified atom stereocenters. The second-order valence-electron chi connectivity index (χ2n) is 3.13. The summed E-state index contributed by atoms with van der Waals surface area (Å²) in [6.07, 6.45) is 5.91. The van der Waals surface area contributed by atoms with Gasteiger partial charge in [-0.05, 0) is 18.6 Å². The second kappa shape index (κ2) is 10.8. The fraction of sp³-hybridized carbons (Fsp3) is 1.00. The van der Waals surface area contributed by atoms with Gasteiger partial charge in [0.1, 0.15) is 0 Å². The first kappa shape index (κ1) is 17.6. The molecule has 0 spiro atoms. The number of hydrogen-bond donors (Lipinski definition) is 2. The molecular weight excluding hydrogens is 231 g/mol. The Bertz CT molecular complexity index is 205. The first-order valence-electron chi connectivity index (χ1n) is 4.62. The molecule has 0 saturated heterocycles. The summed E-state index contributed by atoms with van der Waals surface area (Å²) >= 11 is 4.09. The van der Waals surface area contributed by atoms with E-state index in [-0.39, 0.29) is 35.3 Å². The van der Waals surface area contributed by atoms with Crippen molar-refractivity contribution >= 4 is 52.3 Å². The van der Waals surface area contributed by atoms with Crippen LogP contribution < -0.4 is 0 Å². The van der Waals surface area contributed by atoms with Crippen LogP contribution in [0.3, 0.4) is 0 Å². The van der Waals surface area contributed by atoms with E-state index in [0.717, 1.165) is 37.9 Å². The predicted molar refractivity (Wildman–Crippen MR) is 65.1 cm³/mol. The number of rotatable bonds is 8. The zero-order valence-electron chi connectivity index (χ0n) is 7.78. The molecule has 14 heavy (non-hydrogen) atoms. The number of thiol groups is 1. The molecule has 82 valence electrons. The van der Waals surface area contributed by atoms with Crippen molar-refractivity contribution in [3.05, 3.63) is 0 Å². The summed E-state index contributed by atoms with van der Waals surface area (Å²) in [5.41, 5.74) is 0. The van der Waals surface area contributed by atoms with Gasteiger partial charge in [-0.25, -0.2) is 0 Å². The van der Waals surface area contributed by atoms with Crippen LogP contribution in [0.15, 0.2) is 0 Å². The van der Waals surface area contributed by atoms with E-state index in [4.69, 9.17) is 4.55 Å². The second-order valence-corrected chi connectivity index (χ2v) is 5.15. The van der Waals surface area contributed by atoms with E-state index in [9.17, 15) is 8.42 Å². The van der Waals surface area contributed by atoms with Gasteiger partial charge in [-0.2, -0.15) is 21.0 Å². The predicted octanol–water partition coefficient (Wildman–Crippen LogP) is 1.50. The van der Waals surface area contributed by atoms with Gasteiger partial charge in [0.15, 0.2) is 0 Å². The van der Waals surface area contributed by atoms with Crippen LogP contribution in [0.4, 0.5) is 0 Å². The van der Waals surface area contributed by atoms with Crippen LogP contribution in [0, 0.1) is 0 Å². The maximum atomic E-state index is 10.3. The van der Waals surface area contributed by atoms with E-state index in [1.54, 1.807) is 0 Å². The van der Waals surface area contributed by atoms with Crippen molar-refractivity contribution in [3.8, 4) is 0 Å².